The SMILES string of the molecule is CN(C(=O)COC(=O)c1ccoc1)C1(c2ccccc2Cl)CCCCC1=O. The molecule has 1 heterocycles. The second-order valence-electron chi connectivity index (χ2n) is 6.51. The van der Waals surface area contributed by atoms with Crippen LogP contribution in [-0.4, -0.2) is 36.2 Å². The van der Waals surface area contributed by atoms with E-state index in [0.717, 1.165) is 12.8 Å². The van der Waals surface area contributed by atoms with Crippen molar-refractivity contribution in [3.63, 3.8) is 0 Å². The minimum absolute atomic E-state index is 0.0566. The van der Waals surface area contributed by atoms with Gasteiger partial charge in [-0.3, -0.25) is 9.59 Å². The van der Waals surface area contributed by atoms with Gasteiger partial charge in [-0.2, -0.15) is 0 Å². The van der Waals surface area contributed by atoms with E-state index in [9.17, 15) is 14.4 Å². The van der Waals surface area contributed by atoms with Crippen LogP contribution < -0.4 is 0 Å². The minimum Gasteiger partial charge on any atom is -0.472 e. The lowest BCUT2D eigenvalue weighted by atomic mass is 9.74. The number of ketones is 1. The number of hydrogen-bond acceptors (Lipinski definition) is 5. The summed E-state index contributed by atoms with van der Waals surface area (Å²) in [6.07, 6.45) is 5.01. The maximum atomic E-state index is 13.0. The van der Waals surface area contributed by atoms with Crippen molar-refractivity contribution < 1.29 is 23.5 Å². The molecule has 7 heteroatoms. The summed E-state index contributed by atoms with van der Waals surface area (Å²) in [5.74, 6) is -1.19. The van der Waals surface area contributed by atoms with Gasteiger partial charge in [-0.15, -0.1) is 0 Å². The highest BCUT2D eigenvalue weighted by Crippen LogP contribution is 2.42. The Hall–Kier alpha value is -2.60. The molecule has 2 aromatic rings. The van der Waals surface area contributed by atoms with Crippen LogP contribution >= 0.6 is 11.6 Å². The Balaban J connectivity index is 1.84. The first-order chi connectivity index (χ1) is 13.0. The molecule has 1 aromatic carbocycles. The molecule has 1 unspecified atom stereocenters. The smallest absolute Gasteiger partial charge is 0.341 e. The lowest BCUT2D eigenvalue weighted by Gasteiger charge is -2.43. The van der Waals surface area contributed by atoms with E-state index < -0.39 is 24.0 Å². The highest BCUT2D eigenvalue weighted by Gasteiger charge is 2.47. The summed E-state index contributed by atoms with van der Waals surface area (Å²) >= 11 is 6.37. The molecule has 6 nitrogen and oxygen atoms in total. The molecular weight excluding hydrogens is 370 g/mol. The van der Waals surface area contributed by atoms with Crippen LogP contribution in [0.4, 0.5) is 0 Å². The lowest BCUT2D eigenvalue weighted by molar-refractivity contribution is -0.150. The number of furan rings is 1. The number of Topliss-reactive ketones (excluding diaryl/α,β-unsaturated/α-hetero) is 1. The fourth-order valence-corrected chi connectivity index (χ4v) is 3.82. The number of amides is 1. The molecule has 1 aromatic heterocycles. The summed E-state index contributed by atoms with van der Waals surface area (Å²) in [5.41, 5.74) is -0.316. The summed E-state index contributed by atoms with van der Waals surface area (Å²) in [6.45, 7) is -0.472. The molecule has 0 radical (unpaired) electrons. The van der Waals surface area contributed by atoms with Gasteiger partial charge in [-0.25, -0.2) is 4.79 Å². The number of nitrogens with zero attached hydrogens (tertiary/aromatic N) is 1. The van der Waals surface area contributed by atoms with Gasteiger partial charge in [-0.1, -0.05) is 29.8 Å². The monoisotopic (exact) mass is 389 g/mol. The molecule has 1 saturated carbocycles. The molecule has 1 aliphatic rings. The van der Waals surface area contributed by atoms with Crippen LogP contribution in [0.5, 0.6) is 0 Å². The van der Waals surface area contributed by atoms with E-state index >= 15 is 0 Å². The molecular formula is C20H20ClNO5. The van der Waals surface area contributed by atoms with Crippen molar-refractivity contribution in [3.8, 4) is 0 Å². The zero-order chi connectivity index (χ0) is 19.4. The molecule has 1 atom stereocenters. The molecule has 1 amide bonds. The van der Waals surface area contributed by atoms with E-state index in [-0.39, 0.29) is 11.3 Å². The van der Waals surface area contributed by atoms with Crippen molar-refractivity contribution in [2.24, 2.45) is 0 Å². The number of benzene rings is 1. The Labute approximate surface area is 162 Å². The van der Waals surface area contributed by atoms with Gasteiger partial charge in [0.2, 0.25) is 0 Å². The molecule has 27 heavy (non-hydrogen) atoms. The van der Waals surface area contributed by atoms with Crippen LogP contribution in [0.2, 0.25) is 5.02 Å². The molecule has 142 valence electrons. The zero-order valence-electron chi connectivity index (χ0n) is 14.9. The molecule has 3 rings (SSSR count). The number of halogens is 1. The van der Waals surface area contributed by atoms with Crippen molar-refractivity contribution in [2.45, 2.75) is 31.2 Å². The van der Waals surface area contributed by atoms with Gasteiger partial charge < -0.3 is 14.1 Å². The van der Waals surface area contributed by atoms with E-state index in [0.29, 0.717) is 23.4 Å². The Morgan fingerprint density at radius 1 is 1.26 bits per heavy atom. The second kappa shape index (κ2) is 7.96. The van der Waals surface area contributed by atoms with E-state index in [2.05, 4.69) is 0 Å². The molecule has 0 saturated heterocycles. The number of likely N-dealkylation sites (N-methyl/N-ethyl adjacent to an activating group) is 1. The van der Waals surface area contributed by atoms with Crippen molar-refractivity contribution >= 4 is 29.3 Å². The van der Waals surface area contributed by atoms with Crippen molar-refractivity contribution in [1.82, 2.24) is 4.90 Å². The van der Waals surface area contributed by atoms with Crippen LogP contribution in [0.1, 0.15) is 41.6 Å². The van der Waals surface area contributed by atoms with Crippen molar-refractivity contribution in [2.75, 3.05) is 13.7 Å². The number of esters is 1. The lowest BCUT2D eigenvalue weighted by Crippen LogP contribution is -2.55. The van der Waals surface area contributed by atoms with E-state index in [1.807, 2.05) is 0 Å². The van der Waals surface area contributed by atoms with E-state index in [4.69, 9.17) is 20.8 Å². The van der Waals surface area contributed by atoms with Gasteiger partial charge in [0.15, 0.2) is 12.4 Å². The summed E-state index contributed by atoms with van der Waals surface area (Å²) in [7, 11) is 1.56. The van der Waals surface area contributed by atoms with Crippen LogP contribution in [0, 0.1) is 0 Å². The van der Waals surface area contributed by atoms with Gasteiger partial charge in [0.05, 0.1) is 11.8 Å². The van der Waals surface area contributed by atoms with E-state index in [1.165, 1.54) is 23.5 Å². The largest absolute Gasteiger partial charge is 0.472 e. The Kier molecular flexibility index (Phi) is 5.65. The quantitative estimate of drug-likeness (QED) is 0.730. The molecule has 1 fully saturated rings. The normalized spacial score (nSPS) is 19.6. The summed E-state index contributed by atoms with van der Waals surface area (Å²) in [4.78, 5) is 39.1. The average molecular weight is 390 g/mol. The third kappa shape index (κ3) is 3.62. The maximum Gasteiger partial charge on any atom is 0.341 e. The van der Waals surface area contributed by atoms with Gasteiger partial charge in [0.1, 0.15) is 11.8 Å². The number of carbonyl (C=O) groups is 3. The highest BCUT2D eigenvalue weighted by molar-refractivity contribution is 6.31. The standard InChI is InChI=1S/C20H20ClNO5/c1-22(18(24)13-27-19(25)14-9-11-26-12-14)20(10-5-4-8-17(20)23)15-6-2-3-7-16(15)21/h2-3,6-7,9,11-12H,4-5,8,10,13H2,1H3. The number of hydrogen-bond donors (Lipinski definition) is 0. The minimum atomic E-state index is -1.14. The number of carbonyl (C=O) groups excluding carboxylic acids is 3. The van der Waals surface area contributed by atoms with Crippen LogP contribution in [0.15, 0.2) is 47.3 Å². The summed E-state index contributed by atoms with van der Waals surface area (Å²) < 4.78 is 9.90. The molecule has 0 spiro atoms. The van der Waals surface area contributed by atoms with Gasteiger partial charge in [0, 0.05) is 24.1 Å². The first-order valence-electron chi connectivity index (χ1n) is 8.71. The number of rotatable bonds is 5. The third-order valence-electron chi connectivity index (χ3n) is 5.00. The highest BCUT2D eigenvalue weighted by atomic mass is 35.5. The molecule has 0 N–H and O–H groups in total. The Bertz CT molecular complexity index is 848. The average Bonchev–Trinajstić information content (AvgIpc) is 3.21. The van der Waals surface area contributed by atoms with Crippen molar-refractivity contribution in [1.29, 1.82) is 0 Å². The topological polar surface area (TPSA) is 76.8 Å². The van der Waals surface area contributed by atoms with Crippen molar-refractivity contribution in [3.05, 3.63) is 59.0 Å². The summed E-state index contributed by atoms with van der Waals surface area (Å²) in [5, 5.41) is 0.433. The fraction of sp³-hybridized carbons (Fsp3) is 0.350. The number of ether oxygens (including phenoxy) is 1. The second-order valence-corrected chi connectivity index (χ2v) is 6.92. The predicted octanol–water partition coefficient (Wildman–Crippen LogP) is 3.59. The third-order valence-corrected chi connectivity index (χ3v) is 5.33. The maximum absolute atomic E-state index is 13.0. The summed E-state index contributed by atoms with van der Waals surface area (Å²) in [6, 6.07) is 8.50. The first-order valence-corrected chi connectivity index (χ1v) is 9.09. The fourth-order valence-electron chi connectivity index (χ4n) is 3.53. The van der Waals surface area contributed by atoms with Gasteiger partial charge >= 0.3 is 5.97 Å². The predicted molar refractivity (Wildman–Crippen MR) is 98.4 cm³/mol. The van der Waals surface area contributed by atoms with Gasteiger partial charge in [0.25, 0.3) is 5.91 Å². The van der Waals surface area contributed by atoms with Crippen LogP contribution in [0.3, 0.4) is 0 Å². The zero-order valence-corrected chi connectivity index (χ0v) is 15.7. The Morgan fingerprint density at radius 3 is 2.70 bits per heavy atom. The van der Waals surface area contributed by atoms with Gasteiger partial charge in [-0.05, 0) is 31.4 Å². The molecule has 1 aliphatic carbocycles. The van der Waals surface area contributed by atoms with Crippen LogP contribution in [-0.2, 0) is 19.9 Å². The molecule has 0 bridgehead atoms. The first kappa shape index (κ1) is 19.2. The van der Waals surface area contributed by atoms with Crippen LogP contribution in [0.25, 0.3) is 0 Å². The van der Waals surface area contributed by atoms with E-state index in [1.54, 1.807) is 31.3 Å². The molecule has 0 aliphatic heterocycles. The Morgan fingerprint density at radius 2 is 2.04 bits per heavy atom.